The van der Waals surface area contributed by atoms with Crippen molar-refractivity contribution in [2.24, 2.45) is 0 Å². The van der Waals surface area contributed by atoms with E-state index < -0.39 is 0 Å². The number of anilines is 1. The third-order valence-corrected chi connectivity index (χ3v) is 5.63. The number of carbonyl (C=O) groups excluding carboxylic acids is 1. The van der Waals surface area contributed by atoms with Crippen LogP contribution in [-0.4, -0.2) is 52.4 Å². The molecule has 31 heavy (non-hydrogen) atoms. The number of carbonyl (C=O) groups is 1. The molecule has 1 N–H and O–H groups in total. The molecule has 0 aliphatic carbocycles. The Bertz CT molecular complexity index is 1090. The van der Waals surface area contributed by atoms with Crippen LogP contribution < -0.4 is 14.8 Å². The van der Waals surface area contributed by atoms with E-state index in [9.17, 15) is 4.79 Å². The van der Waals surface area contributed by atoms with Crippen LogP contribution >= 0.6 is 0 Å². The topological polar surface area (TPSA) is 103 Å². The number of hydrogen-bond acceptors (Lipinski definition) is 8. The van der Waals surface area contributed by atoms with Crippen molar-refractivity contribution in [1.82, 2.24) is 20.0 Å². The summed E-state index contributed by atoms with van der Waals surface area (Å²) in [5.74, 6) is 2.29. The van der Waals surface area contributed by atoms with E-state index in [1.54, 1.807) is 24.7 Å². The lowest BCUT2D eigenvalue weighted by molar-refractivity contribution is -0.117. The highest BCUT2D eigenvalue weighted by Crippen LogP contribution is 2.35. The van der Waals surface area contributed by atoms with Crippen molar-refractivity contribution in [1.29, 1.82) is 0 Å². The van der Waals surface area contributed by atoms with Crippen molar-refractivity contribution in [2.45, 2.75) is 25.7 Å². The number of nitrogens with one attached hydrogen (secondary N) is 1. The Balaban J connectivity index is 1.18. The maximum atomic E-state index is 12.5. The fourth-order valence-electron chi connectivity index (χ4n) is 4.09. The Morgan fingerprint density at radius 2 is 2.03 bits per heavy atom. The lowest BCUT2D eigenvalue weighted by Gasteiger charge is -2.31. The van der Waals surface area contributed by atoms with E-state index in [-0.39, 0.29) is 18.6 Å². The number of benzene rings is 1. The third-order valence-electron chi connectivity index (χ3n) is 5.63. The van der Waals surface area contributed by atoms with Gasteiger partial charge in [-0.2, -0.15) is 0 Å². The fourth-order valence-corrected chi connectivity index (χ4v) is 4.09. The van der Waals surface area contributed by atoms with Gasteiger partial charge in [0, 0.05) is 29.9 Å². The van der Waals surface area contributed by atoms with Gasteiger partial charge < -0.3 is 19.3 Å². The van der Waals surface area contributed by atoms with Gasteiger partial charge in [-0.15, -0.1) is 0 Å². The van der Waals surface area contributed by atoms with Crippen LogP contribution in [-0.2, 0) is 4.79 Å². The van der Waals surface area contributed by atoms with Gasteiger partial charge in [-0.3, -0.25) is 9.69 Å². The molecule has 1 aromatic carbocycles. The van der Waals surface area contributed by atoms with Gasteiger partial charge >= 0.3 is 0 Å². The van der Waals surface area contributed by atoms with Crippen molar-refractivity contribution in [3.8, 4) is 22.8 Å². The van der Waals surface area contributed by atoms with Crippen LogP contribution in [0.1, 0.15) is 30.1 Å². The summed E-state index contributed by atoms with van der Waals surface area (Å²) in [4.78, 5) is 23.4. The van der Waals surface area contributed by atoms with E-state index >= 15 is 0 Å². The molecule has 0 atom stereocenters. The van der Waals surface area contributed by atoms with Crippen molar-refractivity contribution in [3.05, 3.63) is 48.2 Å². The minimum Gasteiger partial charge on any atom is -0.454 e. The zero-order valence-corrected chi connectivity index (χ0v) is 17.2. The average molecular weight is 421 g/mol. The van der Waals surface area contributed by atoms with Crippen LogP contribution in [0.3, 0.4) is 0 Å². The number of amides is 1. The smallest absolute Gasteiger partial charge is 0.238 e. The molecule has 1 amide bonds. The number of aryl methyl sites for hydroxylation is 1. The van der Waals surface area contributed by atoms with E-state index in [1.807, 2.05) is 19.1 Å². The molecule has 2 aliphatic heterocycles. The predicted octanol–water partition coefficient (Wildman–Crippen LogP) is 2.99. The van der Waals surface area contributed by atoms with Crippen molar-refractivity contribution < 1.29 is 18.8 Å². The van der Waals surface area contributed by atoms with Gasteiger partial charge in [0.2, 0.25) is 12.7 Å². The Kier molecular flexibility index (Phi) is 5.25. The molecule has 9 heteroatoms. The molecule has 0 unspecified atom stereocenters. The molecule has 2 aliphatic rings. The van der Waals surface area contributed by atoms with Gasteiger partial charge in [0.15, 0.2) is 17.3 Å². The van der Waals surface area contributed by atoms with Crippen molar-refractivity contribution in [3.63, 3.8) is 0 Å². The van der Waals surface area contributed by atoms with Crippen LogP contribution in [0.15, 0.2) is 41.3 Å². The fraction of sp³-hybridized carbons (Fsp3) is 0.364. The predicted molar refractivity (Wildman–Crippen MR) is 112 cm³/mol. The maximum absolute atomic E-state index is 12.5. The Morgan fingerprint density at radius 3 is 2.84 bits per heavy atom. The van der Waals surface area contributed by atoms with Gasteiger partial charge in [-0.25, -0.2) is 9.97 Å². The molecule has 1 saturated heterocycles. The average Bonchev–Trinajstić information content (AvgIpc) is 3.43. The van der Waals surface area contributed by atoms with Gasteiger partial charge in [0.25, 0.3) is 0 Å². The molecule has 0 spiro atoms. The summed E-state index contributed by atoms with van der Waals surface area (Å²) < 4.78 is 16.1. The van der Waals surface area contributed by atoms with Crippen molar-refractivity contribution in [2.75, 3.05) is 31.7 Å². The molecule has 3 aromatic rings. The zero-order chi connectivity index (χ0) is 21.2. The monoisotopic (exact) mass is 421 g/mol. The second-order valence-electron chi connectivity index (χ2n) is 7.82. The largest absolute Gasteiger partial charge is 0.454 e. The molecular weight excluding hydrogens is 398 g/mol. The van der Waals surface area contributed by atoms with Gasteiger partial charge in [0.05, 0.1) is 23.5 Å². The van der Waals surface area contributed by atoms with E-state index in [0.717, 1.165) is 42.9 Å². The number of fused-ring (bicyclic) bond motifs is 1. The number of likely N-dealkylation sites (tertiary alicyclic amines) is 1. The van der Waals surface area contributed by atoms with Gasteiger partial charge in [0.1, 0.15) is 6.33 Å². The van der Waals surface area contributed by atoms with E-state index in [0.29, 0.717) is 29.5 Å². The second-order valence-corrected chi connectivity index (χ2v) is 7.82. The van der Waals surface area contributed by atoms with Crippen molar-refractivity contribution >= 4 is 11.6 Å². The van der Waals surface area contributed by atoms with Gasteiger partial charge in [-0.1, -0.05) is 5.16 Å². The lowest BCUT2D eigenvalue weighted by atomic mass is 9.90. The SMILES string of the molecule is Cc1cc(-c2cncnc2C2CCN(CC(=O)Nc3ccc4c(c3)OCO4)CC2)on1. The number of ether oxygens (including phenoxy) is 2. The molecule has 160 valence electrons. The standard InChI is InChI=1S/C22H23N5O4/c1-14-8-19(31-26-14)17-10-23-12-24-22(17)15-4-6-27(7-5-15)11-21(28)25-16-2-3-18-20(9-16)30-13-29-18/h2-3,8-10,12,15H,4-7,11,13H2,1H3,(H,25,28). The molecule has 0 saturated carbocycles. The first-order chi connectivity index (χ1) is 15.2. The summed E-state index contributed by atoms with van der Waals surface area (Å²) >= 11 is 0. The summed E-state index contributed by atoms with van der Waals surface area (Å²) in [5.41, 5.74) is 3.41. The third kappa shape index (κ3) is 4.22. The van der Waals surface area contributed by atoms with Gasteiger partial charge in [-0.05, 0) is 45.0 Å². The number of piperidine rings is 1. The molecule has 4 heterocycles. The summed E-state index contributed by atoms with van der Waals surface area (Å²) in [7, 11) is 0. The van der Waals surface area contributed by atoms with E-state index in [2.05, 4.69) is 25.3 Å². The first-order valence-electron chi connectivity index (χ1n) is 10.3. The molecule has 1 fully saturated rings. The molecule has 0 radical (unpaired) electrons. The van der Waals surface area contributed by atoms with Crippen LogP contribution in [0.5, 0.6) is 11.5 Å². The lowest BCUT2D eigenvalue weighted by Crippen LogP contribution is -2.39. The normalized spacial score (nSPS) is 16.4. The maximum Gasteiger partial charge on any atom is 0.238 e. The summed E-state index contributed by atoms with van der Waals surface area (Å²) in [6.45, 7) is 4.09. The minimum absolute atomic E-state index is 0.0443. The highest BCUT2D eigenvalue weighted by molar-refractivity contribution is 5.92. The minimum atomic E-state index is -0.0443. The Morgan fingerprint density at radius 1 is 1.19 bits per heavy atom. The number of hydrogen-bond donors (Lipinski definition) is 1. The van der Waals surface area contributed by atoms with Crippen LogP contribution in [0.25, 0.3) is 11.3 Å². The molecule has 2 aromatic heterocycles. The quantitative estimate of drug-likeness (QED) is 0.671. The molecule has 0 bridgehead atoms. The van der Waals surface area contributed by atoms with E-state index in [4.69, 9.17) is 14.0 Å². The molecule has 5 rings (SSSR count). The number of rotatable bonds is 5. The number of nitrogens with zero attached hydrogens (tertiary/aromatic N) is 4. The Labute approximate surface area is 179 Å². The number of aromatic nitrogens is 3. The molecular formula is C22H23N5O4. The highest BCUT2D eigenvalue weighted by Gasteiger charge is 2.26. The Hall–Kier alpha value is -3.46. The summed E-state index contributed by atoms with van der Waals surface area (Å²) in [5, 5.41) is 6.92. The van der Waals surface area contributed by atoms with Crippen LogP contribution in [0.2, 0.25) is 0 Å². The molecule has 9 nitrogen and oxygen atoms in total. The second kappa shape index (κ2) is 8.35. The first kappa shape index (κ1) is 19.5. The highest BCUT2D eigenvalue weighted by atomic mass is 16.7. The zero-order valence-electron chi connectivity index (χ0n) is 17.2. The van der Waals surface area contributed by atoms with E-state index in [1.165, 1.54) is 0 Å². The summed E-state index contributed by atoms with van der Waals surface area (Å²) in [6.07, 6.45) is 5.18. The summed E-state index contributed by atoms with van der Waals surface area (Å²) in [6, 6.07) is 7.31. The van der Waals surface area contributed by atoms with Crippen LogP contribution in [0.4, 0.5) is 5.69 Å². The first-order valence-corrected chi connectivity index (χ1v) is 10.3. The van der Waals surface area contributed by atoms with Crippen LogP contribution in [0, 0.1) is 6.92 Å².